The second-order valence-corrected chi connectivity index (χ2v) is 5.33. The van der Waals surface area contributed by atoms with Crippen molar-refractivity contribution in [3.63, 3.8) is 0 Å². The number of fused-ring (bicyclic) bond motifs is 1. The molecule has 7 nitrogen and oxygen atoms in total. The van der Waals surface area contributed by atoms with Gasteiger partial charge in [-0.2, -0.15) is 5.26 Å². The average molecular weight is 354 g/mol. The Balaban J connectivity index is 0.00000117. The lowest BCUT2D eigenvalue weighted by Crippen LogP contribution is -2.27. The van der Waals surface area contributed by atoms with E-state index in [1.165, 1.54) is 0 Å². The Morgan fingerprint density at radius 1 is 1.35 bits per heavy atom. The number of anilines is 3. The number of pyridine rings is 1. The molecule has 2 aromatic rings. The summed E-state index contributed by atoms with van der Waals surface area (Å²) in [6.07, 6.45) is 0. The summed E-state index contributed by atoms with van der Waals surface area (Å²) in [7, 11) is 0.769. The Morgan fingerprint density at radius 2 is 2.15 bits per heavy atom. The number of hydrogen-bond donors (Lipinski definition) is 3. The highest BCUT2D eigenvalue weighted by atomic mass is 16.5. The molecule has 1 aliphatic heterocycles. The van der Waals surface area contributed by atoms with Crippen molar-refractivity contribution in [2.24, 2.45) is 0 Å². The van der Waals surface area contributed by atoms with E-state index >= 15 is 0 Å². The van der Waals surface area contributed by atoms with Crippen LogP contribution in [0.15, 0.2) is 30.3 Å². The number of benzene rings is 1. The van der Waals surface area contributed by atoms with E-state index in [1.54, 1.807) is 19.2 Å². The van der Waals surface area contributed by atoms with E-state index in [1.807, 2.05) is 32.0 Å². The van der Waals surface area contributed by atoms with Crippen LogP contribution in [-0.4, -0.2) is 37.4 Å². The van der Waals surface area contributed by atoms with Gasteiger partial charge in [-0.3, -0.25) is 0 Å². The zero-order valence-corrected chi connectivity index (χ0v) is 15.2. The monoisotopic (exact) mass is 354 g/mol. The lowest BCUT2D eigenvalue weighted by molar-refractivity contribution is 0.210. The molecule has 3 rings (SSSR count). The summed E-state index contributed by atoms with van der Waals surface area (Å²) < 4.78 is 10.2. The van der Waals surface area contributed by atoms with Crippen molar-refractivity contribution >= 4 is 29.9 Å². The van der Waals surface area contributed by atoms with E-state index in [9.17, 15) is 5.02 Å². The van der Waals surface area contributed by atoms with Crippen molar-refractivity contribution in [2.45, 2.75) is 20.5 Å². The van der Waals surface area contributed by atoms with Gasteiger partial charge >= 0.3 is 7.12 Å². The topological polar surface area (TPSA) is 99.4 Å². The predicted octanol–water partition coefficient (Wildman–Crippen LogP) is 2.00. The molecule has 1 aromatic carbocycles. The Hall–Kier alpha value is -2.60. The SMILES string of the molecule is CC.COCCNc1nc(Nc2ccc3c(c2)COB3O)ccc1C#N. The minimum Gasteiger partial charge on any atom is -0.423 e. The van der Waals surface area contributed by atoms with E-state index in [4.69, 9.17) is 14.7 Å². The first kappa shape index (κ1) is 19.7. The second kappa shape index (κ2) is 9.78. The molecule has 0 fully saturated rings. The van der Waals surface area contributed by atoms with Crippen LogP contribution in [0.4, 0.5) is 17.3 Å². The molecule has 8 heteroatoms. The molecule has 0 bridgehead atoms. The first-order chi connectivity index (χ1) is 12.7. The number of ether oxygens (including phenoxy) is 1. The van der Waals surface area contributed by atoms with Gasteiger partial charge in [0.1, 0.15) is 17.7 Å². The van der Waals surface area contributed by atoms with Gasteiger partial charge in [0.2, 0.25) is 0 Å². The molecule has 0 atom stereocenters. The minimum absolute atomic E-state index is 0.386. The van der Waals surface area contributed by atoms with Gasteiger partial charge in [0.15, 0.2) is 0 Å². The molecule has 3 N–H and O–H groups in total. The smallest absolute Gasteiger partial charge is 0.423 e. The maximum Gasteiger partial charge on any atom is 0.491 e. The largest absolute Gasteiger partial charge is 0.491 e. The third-order valence-electron chi connectivity index (χ3n) is 3.69. The lowest BCUT2D eigenvalue weighted by atomic mass is 9.79. The van der Waals surface area contributed by atoms with Crippen LogP contribution >= 0.6 is 0 Å². The Morgan fingerprint density at radius 3 is 2.88 bits per heavy atom. The van der Waals surface area contributed by atoms with Crippen molar-refractivity contribution < 1.29 is 14.4 Å². The van der Waals surface area contributed by atoms with Gasteiger partial charge in [0.05, 0.1) is 18.8 Å². The summed E-state index contributed by atoms with van der Waals surface area (Å²) in [5.41, 5.74) is 3.04. The molecule has 0 saturated carbocycles. The van der Waals surface area contributed by atoms with Crippen LogP contribution in [0.2, 0.25) is 0 Å². The zero-order valence-electron chi connectivity index (χ0n) is 15.2. The fraction of sp³-hybridized carbons (Fsp3) is 0.333. The van der Waals surface area contributed by atoms with E-state index in [-0.39, 0.29) is 0 Å². The third-order valence-corrected chi connectivity index (χ3v) is 3.69. The number of rotatable bonds is 6. The molecular formula is C18H23BN4O3. The van der Waals surface area contributed by atoms with Gasteiger partial charge in [-0.25, -0.2) is 4.98 Å². The number of hydrogen-bond acceptors (Lipinski definition) is 7. The van der Waals surface area contributed by atoms with Gasteiger partial charge in [0.25, 0.3) is 0 Å². The molecule has 0 saturated heterocycles. The summed E-state index contributed by atoms with van der Waals surface area (Å²) in [5.74, 6) is 1.13. The second-order valence-electron chi connectivity index (χ2n) is 5.33. The molecule has 2 heterocycles. The van der Waals surface area contributed by atoms with Crippen LogP contribution in [0.3, 0.4) is 0 Å². The number of aromatic nitrogens is 1. The molecule has 26 heavy (non-hydrogen) atoms. The van der Waals surface area contributed by atoms with Crippen molar-refractivity contribution in [1.29, 1.82) is 5.26 Å². The molecular weight excluding hydrogens is 331 g/mol. The van der Waals surface area contributed by atoms with Gasteiger partial charge < -0.3 is 25.0 Å². The van der Waals surface area contributed by atoms with Crippen molar-refractivity contribution in [3.8, 4) is 6.07 Å². The lowest BCUT2D eigenvalue weighted by Gasteiger charge is -2.11. The van der Waals surface area contributed by atoms with Gasteiger partial charge in [-0.15, -0.1) is 0 Å². The molecule has 0 amide bonds. The predicted molar refractivity (Wildman–Crippen MR) is 103 cm³/mol. The van der Waals surface area contributed by atoms with E-state index < -0.39 is 7.12 Å². The van der Waals surface area contributed by atoms with E-state index in [2.05, 4.69) is 21.7 Å². The van der Waals surface area contributed by atoms with Crippen LogP contribution in [0.1, 0.15) is 25.0 Å². The van der Waals surface area contributed by atoms with Crippen LogP contribution < -0.4 is 16.1 Å². The molecule has 1 aromatic heterocycles. The highest BCUT2D eigenvalue weighted by Crippen LogP contribution is 2.21. The van der Waals surface area contributed by atoms with Gasteiger partial charge in [-0.1, -0.05) is 19.9 Å². The summed E-state index contributed by atoms with van der Waals surface area (Å²) in [6.45, 7) is 5.48. The molecule has 1 aliphatic rings. The van der Waals surface area contributed by atoms with Gasteiger partial charge in [-0.05, 0) is 35.3 Å². The fourth-order valence-electron chi connectivity index (χ4n) is 2.48. The minimum atomic E-state index is -0.848. The number of methoxy groups -OCH3 is 1. The Bertz CT molecular complexity index is 780. The Kier molecular flexibility index (Phi) is 7.42. The maximum absolute atomic E-state index is 9.65. The summed E-state index contributed by atoms with van der Waals surface area (Å²) >= 11 is 0. The number of nitriles is 1. The van der Waals surface area contributed by atoms with Gasteiger partial charge in [0, 0.05) is 19.3 Å². The third kappa shape index (κ3) is 4.73. The van der Waals surface area contributed by atoms with Crippen molar-refractivity contribution in [3.05, 3.63) is 41.5 Å². The quantitative estimate of drug-likeness (QED) is 0.539. The molecule has 0 unspecified atom stereocenters. The normalized spacial score (nSPS) is 11.9. The van der Waals surface area contributed by atoms with E-state index in [0.717, 1.165) is 16.7 Å². The summed E-state index contributed by atoms with van der Waals surface area (Å²) in [5, 5.41) is 25.1. The van der Waals surface area contributed by atoms with Crippen LogP contribution in [0.5, 0.6) is 0 Å². The first-order valence-corrected chi connectivity index (χ1v) is 8.54. The van der Waals surface area contributed by atoms with Crippen molar-refractivity contribution in [1.82, 2.24) is 4.98 Å². The maximum atomic E-state index is 9.65. The van der Waals surface area contributed by atoms with Crippen LogP contribution in [0, 0.1) is 11.3 Å². The van der Waals surface area contributed by atoms with Crippen LogP contribution in [0.25, 0.3) is 0 Å². The molecule has 136 valence electrons. The summed E-state index contributed by atoms with van der Waals surface area (Å²) in [4.78, 5) is 4.44. The number of nitrogens with one attached hydrogen (secondary N) is 2. The van der Waals surface area contributed by atoms with E-state index in [0.29, 0.717) is 37.0 Å². The average Bonchev–Trinajstić information content (AvgIpc) is 3.04. The molecule has 0 aliphatic carbocycles. The Labute approximate surface area is 154 Å². The molecule has 0 spiro atoms. The van der Waals surface area contributed by atoms with Crippen LogP contribution in [-0.2, 0) is 16.0 Å². The number of nitrogens with zero attached hydrogens (tertiary/aromatic N) is 2. The fourth-order valence-corrected chi connectivity index (χ4v) is 2.48. The standard InChI is InChI=1S/C16H17BN4O3.C2H6/c1-23-7-6-19-16-11(9-18)2-5-15(21-16)20-13-3-4-14-12(8-13)10-24-17(14)22;1-2/h2-5,8,22H,6-7,10H2,1H3,(H2,19,20,21);1-2H3. The zero-order chi connectivity index (χ0) is 18.9. The summed E-state index contributed by atoms with van der Waals surface area (Å²) in [6, 6.07) is 11.2. The molecule has 0 radical (unpaired) electrons. The highest BCUT2D eigenvalue weighted by Gasteiger charge is 2.27. The first-order valence-electron chi connectivity index (χ1n) is 8.54. The van der Waals surface area contributed by atoms with Crippen molar-refractivity contribution in [2.75, 3.05) is 30.9 Å². The highest BCUT2D eigenvalue weighted by molar-refractivity contribution is 6.61.